The zero-order valence-electron chi connectivity index (χ0n) is 26.7. The molecule has 2 atom stereocenters. The second-order valence-electron chi connectivity index (χ2n) is 13.5. The lowest BCUT2D eigenvalue weighted by atomic mass is 9.73. The summed E-state index contributed by atoms with van der Waals surface area (Å²) in [6, 6.07) is 24.7. The third-order valence-corrected chi connectivity index (χ3v) is 11.0. The zero-order valence-corrected chi connectivity index (χ0v) is 27.5. The Bertz CT molecular complexity index is 1840. The van der Waals surface area contributed by atoms with Crippen molar-refractivity contribution >= 4 is 32.7 Å². The molecule has 0 saturated carbocycles. The molecule has 2 heterocycles. The van der Waals surface area contributed by atoms with Crippen molar-refractivity contribution in [1.82, 2.24) is 19.5 Å². The van der Waals surface area contributed by atoms with Crippen molar-refractivity contribution in [3.05, 3.63) is 107 Å². The number of aromatic nitrogens is 1. The Morgan fingerprint density at radius 3 is 2.37 bits per heavy atom. The number of sulfonamides is 1. The van der Waals surface area contributed by atoms with Crippen LogP contribution < -0.4 is 11.1 Å². The zero-order chi connectivity index (χ0) is 32.7. The van der Waals surface area contributed by atoms with E-state index in [2.05, 4.69) is 22.4 Å². The van der Waals surface area contributed by atoms with Crippen molar-refractivity contribution in [2.75, 3.05) is 19.3 Å². The molecule has 9 nitrogen and oxygen atoms in total. The van der Waals surface area contributed by atoms with Crippen LogP contribution in [-0.4, -0.2) is 65.3 Å². The largest absolute Gasteiger partial charge is 0.361 e. The monoisotopic (exact) mass is 641 g/mol. The van der Waals surface area contributed by atoms with Crippen LogP contribution in [0.3, 0.4) is 0 Å². The molecular weight excluding hydrogens is 598 g/mol. The fraction of sp³-hybridized carbons (Fsp3) is 0.389. The molecule has 10 heteroatoms. The number of para-hydroxylation sites is 1. The van der Waals surface area contributed by atoms with Crippen LogP contribution in [0.2, 0.25) is 0 Å². The minimum Gasteiger partial charge on any atom is -0.361 e. The van der Waals surface area contributed by atoms with Gasteiger partial charge in [-0.1, -0.05) is 72.8 Å². The Kier molecular flexibility index (Phi) is 8.56. The van der Waals surface area contributed by atoms with Crippen LogP contribution in [0.25, 0.3) is 10.9 Å². The topological polar surface area (TPSA) is 129 Å². The smallest absolute Gasteiger partial charge is 0.245 e. The number of nitrogens with two attached hydrogens (primary N) is 1. The molecule has 6 rings (SSSR count). The van der Waals surface area contributed by atoms with Crippen molar-refractivity contribution in [2.24, 2.45) is 5.73 Å². The van der Waals surface area contributed by atoms with Gasteiger partial charge in [-0.2, -0.15) is 4.31 Å². The van der Waals surface area contributed by atoms with Crippen LogP contribution in [0.5, 0.6) is 0 Å². The van der Waals surface area contributed by atoms with Gasteiger partial charge in [-0.3, -0.25) is 9.59 Å². The van der Waals surface area contributed by atoms with Gasteiger partial charge < -0.3 is 20.9 Å². The summed E-state index contributed by atoms with van der Waals surface area (Å²) in [5, 5.41) is 3.97. The highest BCUT2D eigenvalue weighted by Gasteiger charge is 2.49. The molecule has 4 N–H and O–H groups in total. The van der Waals surface area contributed by atoms with E-state index in [1.165, 1.54) is 11.8 Å². The van der Waals surface area contributed by atoms with Gasteiger partial charge >= 0.3 is 0 Å². The molecule has 2 amide bonds. The summed E-state index contributed by atoms with van der Waals surface area (Å²) < 4.78 is 28.1. The van der Waals surface area contributed by atoms with Gasteiger partial charge in [0.25, 0.3) is 0 Å². The quantitative estimate of drug-likeness (QED) is 0.250. The summed E-state index contributed by atoms with van der Waals surface area (Å²) in [4.78, 5) is 32.3. The first-order valence-corrected chi connectivity index (χ1v) is 17.7. The van der Waals surface area contributed by atoms with Gasteiger partial charge in [0.2, 0.25) is 21.8 Å². The maximum Gasteiger partial charge on any atom is 0.245 e. The average Bonchev–Trinajstić information content (AvgIpc) is 3.58. The molecule has 242 valence electrons. The molecule has 1 aliphatic carbocycles. The molecule has 1 fully saturated rings. The number of fused-ring (bicyclic) bond motifs is 3. The predicted molar refractivity (Wildman–Crippen MR) is 180 cm³/mol. The Hall–Kier alpha value is -3.99. The highest BCUT2D eigenvalue weighted by atomic mass is 32.2. The minimum absolute atomic E-state index is 0.137. The van der Waals surface area contributed by atoms with E-state index >= 15 is 0 Å². The number of rotatable bonds is 9. The number of aromatic amines is 1. The minimum atomic E-state index is -3.53. The van der Waals surface area contributed by atoms with Gasteiger partial charge in [-0.25, -0.2) is 8.42 Å². The number of nitrogens with zero attached hydrogens (tertiary/aromatic N) is 2. The van der Waals surface area contributed by atoms with Gasteiger partial charge in [0.15, 0.2) is 0 Å². The number of piperidine rings is 1. The van der Waals surface area contributed by atoms with Crippen molar-refractivity contribution in [3.63, 3.8) is 0 Å². The fourth-order valence-corrected chi connectivity index (χ4v) is 8.29. The number of carbonyl (C=O) groups excluding carboxylic acids is 2. The van der Waals surface area contributed by atoms with Gasteiger partial charge in [0.05, 0.1) is 17.8 Å². The van der Waals surface area contributed by atoms with Crippen LogP contribution in [0.4, 0.5) is 0 Å². The predicted octanol–water partition coefficient (Wildman–Crippen LogP) is 4.40. The Balaban J connectivity index is 1.24. The number of hydrogen-bond donors (Lipinski definition) is 3. The van der Waals surface area contributed by atoms with E-state index in [1.807, 2.05) is 77.8 Å². The van der Waals surface area contributed by atoms with E-state index in [0.717, 1.165) is 27.6 Å². The third kappa shape index (κ3) is 6.34. The van der Waals surface area contributed by atoms with E-state index in [-0.39, 0.29) is 23.3 Å². The van der Waals surface area contributed by atoms with Gasteiger partial charge in [-0.15, -0.1) is 0 Å². The molecule has 3 aromatic carbocycles. The van der Waals surface area contributed by atoms with Crippen molar-refractivity contribution < 1.29 is 18.0 Å². The molecular formula is C36H43N5O4S. The van der Waals surface area contributed by atoms with E-state index < -0.39 is 21.6 Å². The number of carbonyl (C=O) groups is 2. The molecule has 1 spiro atoms. The molecule has 0 radical (unpaired) electrons. The van der Waals surface area contributed by atoms with Crippen LogP contribution in [0.1, 0.15) is 61.4 Å². The first-order valence-electron chi connectivity index (χ1n) is 15.9. The average molecular weight is 642 g/mol. The van der Waals surface area contributed by atoms with Crippen molar-refractivity contribution in [1.29, 1.82) is 0 Å². The Morgan fingerprint density at radius 1 is 1.02 bits per heavy atom. The maximum absolute atomic E-state index is 14.2. The Labute approximate surface area is 271 Å². The molecule has 1 unspecified atom stereocenters. The summed E-state index contributed by atoms with van der Waals surface area (Å²) in [6.07, 6.45) is 5.58. The normalized spacial score (nSPS) is 18.5. The van der Waals surface area contributed by atoms with Gasteiger partial charge in [-0.05, 0) is 61.4 Å². The summed E-state index contributed by atoms with van der Waals surface area (Å²) in [7, 11) is -3.53. The first kappa shape index (κ1) is 32.0. The van der Waals surface area contributed by atoms with Crippen LogP contribution in [0.15, 0.2) is 85.1 Å². The highest BCUT2D eigenvalue weighted by molar-refractivity contribution is 7.88. The second-order valence-corrected chi connectivity index (χ2v) is 15.5. The van der Waals surface area contributed by atoms with Gasteiger partial charge in [0.1, 0.15) is 6.04 Å². The van der Waals surface area contributed by atoms with Crippen molar-refractivity contribution in [2.45, 2.75) is 69.1 Å². The molecule has 46 heavy (non-hydrogen) atoms. The van der Waals surface area contributed by atoms with Crippen LogP contribution >= 0.6 is 0 Å². The number of likely N-dealkylation sites (tertiary alicyclic amines) is 1. The molecule has 1 saturated heterocycles. The lowest BCUT2D eigenvalue weighted by Gasteiger charge is -2.42. The molecule has 4 aromatic rings. The lowest BCUT2D eigenvalue weighted by molar-refractivity contribution is -0.138. The highest BCUT2D eigenvalue weighted by Crippen LogP contribution is 2.53. The summed E-state index contributed by atoms with van der Waals surface area (Å²) >= 11 is 0. The van der Waals surface area contributed by atoms with Gasteiger partial charge in [0, 0.05) is 48.6 Å². The number of H-pyrrole nitrogens is 1. The standard InChI is InChI=1S/C36H43N5O4S/c1-35(2,37)34(43)39-31(21-26-23-38-30-16-10-8-13-27(26)30)33(42)40-19-17-36(18-20-40)22-32(28-14-7-9-15-29(28)36)41(46(3,44)45)24-25-11-5-4-6-12-25/h4-16,23,31-32,38H,17-22,24,37H2,1-3H3,(H,39,43)/t31-,32?/m1/s1. The second kappa shape index (κ2) is 12.3. The van der Waals surface area contributed by atoms with Crippen molar-refractivity contribution in [3.8, 4) is 0 Å². The Morgan fingerprint density at radius 2 is 1.67 bits per heavy atom. The van der Waals surface area contributed by atoms with Crippen LogP contribution in [0, 0.1) is 0 Å². The maximum atomic E-state index is 14.2. The van der Waals surface area contributed by atoms with E-state index in [4.69, 9.17) is 5.73 Å². The lowest BCUT2D eigenvalue weighted by Crippen LogP contribution is -2.58. The molecule has 0 bridgehead atoms. The van der Waals surface area contributed by atoms with E-state index in [1.54, 1.807) is 18.2 Å². The van der Waals surface area contributed by atoms with Crippen LogP contribution in [-0.2, 0) is 38.0 Å². The van der Waals surface area contributed by atoms with E-state index in [9.17, 15) is 18.0 Å². The first-order chi connectivity index (χ1) is 21.9. The molecule has 1 aromatic heterocycles. The third-order valence-electron chi connectivity index (χ3n) is 9.75. The molecule has 1 aliphatic heterocycles. The number of amides is 2. The summed E-state index contributed by atoms with van der Waals surface area (Å²) in [5.41, 5.74) is 9.79. The summed E-state index contributed by atoms with van der Waals surface area (Å²) in [6.45, 7) is 4.57. The molecule has 2 aliphatic rings. The van der Waals surface area contributed by atoms with E-state index in [0.29, 0.717) is 45.3 Å². The number of nitrogens with one attached hydrogen (secondary N) is 2. The number of benzene rings is 3. The number of hydrogen-bond acceptors (Lipinski definition) is 5. The fourth-order valence-electron chi connectivity index (χ4n) is 7.25. The SMILES string of the molecule is CC(C)(N)C(=O)N[C@H](Cc1c[nH]c2ccccc12)C(=O)N1CCC2(CC1)CC(N(Cc1ccccc1)S(C)(=O)=O)c1ccccc12. The summed E-state index contributed by atoms with van der Waals surface area (Å²) in [5.74, 6) is -0.520.